The van der Waals surface area contributed by atoms with Crippen molar-refractivity contribution >= 4 is 0 Å². The molecule has 3 aliphatic rings. The lowest BCUT2D eigenvalue weighted by molar-refractivity contribution is 0.0164. The van der Waals surface area contributed by atoms with Crippen LogP contribution in [0.3, 0.4) is 0 Å². The van der Waals surface area contributed by atoms with Crippen LogP contribution >= 0.6 is 0 Å². The molecular weight excluding hydrogens is 254 g/mol. The van der Waals surface area contributed by atoms with Gasteiger partial charge in [0.05, 0.1) is 0 Å². The Morgan fingerprint density at radius 1 is 0.500 bits per heavy atom. The molecule has 0 nitrogen and oxygen atoms in total. The van der Waals surface area contributed by atoms with Crippen LogP contribution in [-0.2, 0) is 0 Å². The molecule has 3 atom stereocenters. The molecular formula is C18H30F2. The monoisotopic (exact) mass is 284 g/mol. The lowest BCUT2D eigenvalue weighted by Gasteiger charge is -2.41. The fourth-order valence-electron chi connectivity index (χ4n) is 5.28. The first-order valence-electron chi connectivity index (χ1n) is 9.04. The van der Waals surface area contributed by atoms with Gasteiger partial charge in [0.2, 0.25) is 0 Å². The van der Waals surface area contributed by atoms with E-state index in [2.05, 4.69) is 0 Å². The molecule has 3 aliphatic carbocycles. The van der Waals surface area contributed by atoms with Crippen molar-refractivity contribution in [2.75, 3.05) is 0 Å². The van der Waals surface area contributed by atoms with Gasteiger partial charge in [0.15, 0.2) is 0 Å². The largest absolute Gasteiger partial charge is 0.244 e. The van der Waals surface area contributed by atoms with E-state index < -0.39 is 12.3 Å². The van der Waals surface area contributed by atoms with Gasteiger partial charge in [-0.05, 0) is 62.2 Å². The summed E-state index contributed by atoms with van der Waals surface area (Å²) in [5.41, 5.74) is 0. The first kappa shape index (κ1) is 14.8. The standard InChI is InChI=1S/C18H30F2/c19-17-8-4-7-16(18(17)20)15-11-9-14(10-12-15)13-5-2-1-3-6-13/h13-18H,1-12H2. The Hall–Kier alpha value is -0.140. The van der Waals surface area contributed by atoms with Gasteiger partial charge in [0.1, 0.15) is 12.3 Å². The maximum Gasteiger partial charge on any atom is 0.134 e. The summed E-state index contributed by atoms with van der Waals surface area (Å²) < 4.78 is 27.7. The summed E-state index contributed by atoms with van der Waals surface area (Å²) in [5, 5.41) is 0. The summed E-state index contributed by atoms with van der Waals surface area (Å²) in [6, 6.07) is 0. The summed E-state index contributed by atoms with van der Waals surface area (Å²) in [6.07, 6.45) is 12.0. The predicted octanol–water partition coefficient (Wildman–Crippen LogP) is 5.85. The Bertz CT molecular complexity index is 290. The average Bonchev–Trinajstić information content (AvgIpc) is 2.51. The van der Waals surface area contributed by atoms with Crippen molar-refractivity contribution in [2.24, 2.45) is 23.7 Å². The van der Waals surface area contributed by atoms with Crippen LogP contribution in [0.5, 0.6) is 0 Å². The van der Waals surface area contributed by atoms with Gasteiger partial charge in [0.25, 0.3) is 0 Å². The van der Waals surface area contributed by atoms with E-state index in [1.807, 2.05) is 0 Å². The SMILES string of the molecule is FC1CCCC(C2CCC(C3CCCCC3)CC2)C1F. The predicted molar refractivity (Wildman–Crippen MR) is 79.2 cm³/mol. The molecule has 0 amide bonds. The van der Waals surface area contributed by atoms with E-state index in [0.717, 1.165) is 24.7 Å². The van der Waals surface area contributed by atoms with Crippen molar-refractivity contribution in [1.82, 2.24) is 0 Å². The molecule has 0 bridgehead atoms. The number of alkyl halides is 2. The lowest BCUT2D eigenvalue weighted by Crippen LogP contribution is -2.38. The van der Waals surface area contributed by atoms with E-state index >= 15 is 0 Å². The minimum atomic E-state index is -1.18. The zero-order valence-electron chi connectivity index (χ0n) is 12.7. The third kappa shape index (κ3) is 3.20. The highest BCUT2D eigenvalue weighted by molar-refractivity contribution is 4.89. The van der Waals surface area contributed by atoms with Gasteiger partial charge < -0.3 is 0 Å². The molecule has 20 heavy (non-hydrogen) atoms. The van der Waals surface area contributed by atoms with E-state index in [1.165, 1.54) is 57.8 Å². The summed E-state index contributed by atoms with van der Waals surface area (Å²) in [6.45, 7) is 0. The van der Waals surface area contributed by atoms with E-state index in [4.69, 9.17) is 0 Å². The summed E-state index contributed by atoms with van der Waals surface area (Å²) in [7, 11) is 0. The Balaban J connectivity index is 1.50. The first-order valence-corrected chi connectivity index (χ1v) is 9.04. The molecule has 2 heteroatoms. The molecule has 0 aromatic carbocycles. The van der Waals surface area contributed by atoms with Crippen molar-refractivity contribution in [1.29, 1.82) is 0 Å². The van der Waals surface area contributed by atoms with Crippen LogP contribution in [0, 0.1) is 23.7 Å². The van der Waals surface area contributed by atoms with E-state index in [1.54, 1.807) is 0 Å². The third-order valence-electron chi connectivity index (χ3n) is 6.51. The zero-order valence-corrected chi connectivity index (χ0v) is 12.7. The second-order valence-corrected chi connectivity index (χ2v) is 7.63. The van der Waals surface area contributed by atoms with E-state index in [-0.39, 0.29) is 5.92 Å². The number of halogens is 2. The van der Waals surface area contributed by atoms with Gasteiger partial charge in [-0.2, -0.15) is 0 Å². The molecule has 3 unspecified atom stereocenters. The van der Waals surface area contributed by atoms with Gasteiger partial charge in [-0.3, -0.25) is 0 Å². The fraction of sp³-hybridized carbons (Fsp3) is 1.00. The molecule has 0 heterocycles. The van der Waals surface area contributed by atoms with Gasteiger partial charge >= 0.3 is 0 Å². The normalized spacial score (nSPS) is 44.4. The highest BCUT2D eigenvalue weighted by Crippen LogP contribution is 2.45. The van der Waals surface area contributed by atoms with Gasteiger partial charge in [0, 0.05) is 0 Å². The van der Waals surface area contributed by atoms with Crippen molar-refractivity contribution in [2.45, 2.75) is 89.4 Å². The molecule has 0 radical (unpaired) electrons. The molecule has 0 aromatic rings. The van der Waals surface area contributed by atoms with Crippen LogP contribution in [0.2, 0.25) is 0 Å². The van der Waals surface area contributed by atoms with Crippen LogP contribution < -0.4 is 0 Å². The minimum Gasteiger partial charge on any atom is -0.244 e. The fourth-order valence-corrected chi connectivity index (χ4v) is 5.28. The molecule has 3 saturated carbocycles. The molecule has 0 spiro atoms. The van der Waals surface area contributed by atoms with E-state index in [0.29, 0.717) is 12.3 Å². The molecule has 3 fully saturated rings. The molecule has 0 saturated heterocycles. The topological polar surface area (TPSA) is 0 Å². The van der Waals surface area contributed by atoms with Crippen molar-refractivity contribution < 1.29 is 8.78 Å². The van der Waals surface area contributed by atoms with Gasteiger partial charge in [-0.15, -0.1) is 0 Å². The molecule has 3 rings (SSSR count). The summed E-state index contributed by atoms with van der Waals surface area (Å²) >= 11 is 0. The van der Waals surface area contributed by atoms with E-state index in [9.17, 15) is 8.78 Å². The minimum absolute atomic E-state index is 0.0334. The average molecular weight is 284 g/mol. The first-order chi connectivity index (χ1) is 9.75. The van der Waals surface area contributed by atoms with Crippen molar-refractivity contribution in [3.63, 3.8) is 0 Å². The van der Waals surface area contributed by atoms with Crippen LogP contribution in [0.25, 0.3) is 0 Å². The molecule has 0 aromatic heterocycles. The summed E-state index contributed by atoms with van der Waals surface area (Å²) in [4.78, 5) is 0. The van der Waals surface area contributed by atoms with Crippen molar-refractivity contribution in [3.05, 3.63) is 0 Å². The van der Waals surface area contributed by atoms with Crippen LogP contribution in [-0.4, -0.2) is 12.3 Å². The maximum absolute atomic E-state index is 14.1. The smallest absolute Gasteiger partial charge is 0.134 e. The molecule has 0 aliphatic heterocycles. The van der Waals surface area contributed by atoms with Gasteiger partial charge in [-0.1, -0.05) is 38.5 Å². The quantitative estimate of drug-likeness (QED) is 0.596. The third-order valence-corrected chi connectivity index (χ3v) is 6.51. The van der Waals surface area contributed by atoms with Crippen LogP contribution in [0.15, 0.2) is 0 Å². The maximum atomic E-state index is 14.1. The lowest BCUT2D eigenvalue weighted by atomic mass is 9.66. The van der Waals surface area contributed by atoms with Gasteiger partial charge in [-0.25, -0.2) is 8.78 Å². The zero-order chi connectivity index (χ0) is 13.9. The highest BCUT2D eigenvalue weighted by Gasteiger charge is 2.40. The Morgan fingerprint density at radius 3 is 1.80 bits per heavy atom. The van der Waals surface area contributed by atoms with Crippen molar-refractivity contribution in [3.8, 4) is 0 Å². The number of hydrogen-bond donors (Lipinski definition) is 0. The molecule has 0 N–H and O–H groups in total. The molecule has 116 valence electrons. The second-order valence-electron chi connectivity index (χ2n) is 7.63. The van der Waals surface area contributed by atoms with Crippen LogP contribution in [0.4, 0.5) is 8.78 Å². The van der Waals surface area contributed by atoms with Crippen LogP contribution in [0.1, 0.15) is 77.0 Å². The Labute approximate surface area is 122 Å². The highest BCUT2D eigenvalue weighted by atomic mass is 19.2. The summed E-state index contributed by atoms with van der Waals surface area (Å²) in [5.74, 6) is 2.36. The Morgan fingerprint density at radius 2 is 1.10 bits per heavy atom. The number of rotatable bonds is 2. The number of hydrogen-bond acceptors (Lipinski definition) is 0. The second kappa shape index (κ2) is 6.75. The Kier molecular flexibility index (Phi) is 4.99.